The topological polar surface area (TPSA) is 62.5 Å². The van der Waals surface area contributed by atoms with E-state index in [0.29, 0.717) is 18.9 Å². The van der Waals surface area contributed by atoms with Crippen LogP contribution in [0.4, 0.5) is 24.1 Å². The van der Waals surface area contributed by atoms with Crippen molar-refractivity contribution in [3.05, 3.63) is 29.5 Å². The quantitative estimate of drug-likeness (QED) is 0.700. The molecule has 0 N–H and O–H groups in total. The van der Waals surface area contributed by atoms with Crippen LogP contribution in [-0.2, 0) is 6.18 Å². The van der Waals surface area contributed by atoms with E-state index in [-0.39, 0.29) is 5.65 Å². The van der Waals surface area contributed by atoms with Crippen LogP contribution in [0.5, 0.6) is 0 Å². The Labute approximate surface area is 138 Å². The van der Waals surface area contributed by atoms with Crippen LogP contribution in [-0.4, -0.2) is 51.0 Å². The zero-order chi connectivity index (χ0) is 16.7. The molecule has 0 bridgehead atoms. The van der Waals surface area contributed by atoms with Crippen molar-refractivity contribution in [3.63, 3.8) is 0 Å². The van der Waals surface area contributed by atoms with Crippen molar-refractivity contribution in [3.8, 4) is 0 Å². The first-order valence-corrected chi connectivity index (χ1v) is 8.09. The number of hydrogen-bond acceptors (Lipinski definition) is 7. The van der Waals surface area contributed by atoms with E-state index < -0.39 is 12.0 Å². The minimum atomic E-state index is -4.59. The normalized spacial score (nSPS) is 16.1. The fourth-order valence-electron chi connectivity index (χ4n) is 2.62. The van der Waals surface area contributed by atoms with Crippen LogP contribution in [0.15, 0.2) is 23.7 Å². The number of halogens is 3. The molecule has 4 rings (SSSR count). The summed E-state index contributed by atoms with van der Waals surface area (Å²) in [6.45, 7) is 2.78. The fourth-order valence-corrected chi connectivity index (χ4v) is 3.32. The lowest BCUT2D eigenvalue weighted by molar-refractivity contribution is -0.146. The Bertz CT molecular complexity index is 837. The van der Waals surface area contributed by atoms with Gasteiger partial charge in [-0.2, -0.15) is 17.7 Å². The summed E-state index contributed by atoms with van der Waals surface area (Å²) in [5.74, 6) is -0.632. The molecule has 3 aromatic rings. The Morgan fingerprint density at radius 1 is 1.00 bits per heavy atom. The summed E-state index contributed by atoms with van der Waals surface area (Å²) in [6, 6.07) is 3.17. The van der Waals surface area contributed by atoms with E-state index in [1.54, 1.807) is 23.6 Å². The summed E-state index contributed by atoms with van der Waals surface area (Å²) >= 11 is 1.57. The fraction of sp³-hybridized carbons (Fsp3) is 0.385. The van der Waals surface area contributed by atoms with Gasteiger partial charge >= 0.3 is 6.18 Å². The number of piperazine rings is 1. The van der Waals surface area contributed by atoms with Gasteiger partial charge in [0.1, 0.15) is 5.82 Å². The number of alkyl halides is 3. The molecule has 0 aliphatic carbocycles. The van der Waals surface area contributed by atoms with E-state index in [0.717, 1.165) is 22.7 Å². The third-order valence-electron chi connectivity index (χ3n) is 3.80. The van der Waals surface area contributed by atoms with Gasteiger partial charge in [0.25, 0.3) is 5.82 Å². The molecule has 1 aliphatic heterocycles. The summed E-state index contributed by atoms with van der Waals surface area (Å²) in [5, 5.41) is 13.7. The maximum Gasteiger partial charge on any atom is 0.453 e. The number of thiazole rings is 1. The van der Waals surface area contributed by atoms with E-state index in [1.807, 2.05) is 10.3 Å². The van der Waals surface area contributed by atoms with E-state index >= 15 is 0 Å². The highest BCUT2D eigenvalue weighted by Gasteiger charge is 2.37. The average Bonchev–Trinajstić information content (AvgIpc) is 3.23. The van der Waals surface area contributed by atoms with Crippen molar-refractivity contribution >= 4 is 27.9 Å². The van der Waals surface area contributed by atoms with Gasteiger partial charge in [0.15, 0.2) is 10.8 Å². The molecule has 0 aromatic carbocycles. The number of hydrogen-bond donors (Lipinski definition) is 0. The Kier molecular flexibility index (Phi) is 3.52. The molecule has 0 amide bonds. The van der Waals surface area contributed by atoms with Crippen LogP contribution in [0.3, 0.4) is 0 Å². The Morgan fingerprint density at radius 3 is 2.42 bits per heavy atom. The first-order chi connectivity index (χ1) is 11.5. The molecule has 7 nitrogen and oxygen atoms in total. The molecular formula is C13H12F3N7S. The van der Waals surface area contributed by atoms with Gasteiger partial charge in [0, 0.05) is 37.8 Å². The molecular weight excluding hydrogens is 343 g/mol. The molecule has 11 heteroatoms. The molecule has 3 aromatic heterocycles. The Hall–Kier alpha value is -2.43. The van der Waals surface area contributed by atoms with Crippen LogP contribution >= 0.6 is 11.3 Å². The highest BCUT2D eigenvalue weighted by Crippen LogP contribution is 2.28. The van der Waals surface area contributed by atoms with E-state index in [2.05, 4.69) is 25.2 Å². The van der Waals surface area contributed by atoms with Crippen LogP contribution in [0, 0.1) is 0 Å². The standard InChI is InChI=1S/C13H12F3N7S/c14-13(15,16)11-19-18-9-1-2-10(20-23(9)11)21-4-6-22(7-5-21)12-17-3-8-24-12/h1-3,8H,4-7H2. The van der Waals surface area contributed by atoms with Gasteiger partial charge in [-0.15, -0.1) is 26.6 Å². The summed E-state index contributed by atoms with van der Waals surface area (Å²) in [7, 11) is 0. The van der Waals surface area contributed by atoms with E-state index in [9.17, 15) is 13.2 Å². The highest BCUT2D eigenvalue weighted by molar-refractivity contribution is 7.13. The first kappa shape index (κ1) is 15.1. The molecule has 0 atom stereocenters. The lowest BCUT2D eigenvalue weighted by Crippen LogP contribution is -2.47. The summed E-state index contributed by atoms with van der Waals surface area (Å²) in [4.78, 5) is 8.38. The monoisotopic (exact) mass is 355 g/mol. The van der Waals surface area contributed by atoms with Crippen molar-refractivity contribution in [1.82, 2.24) is 24.8 Å². The van der Waals surface area contributed by atoms with Gasteiger partial charge in [0.05, 0.1) is 0 Å². The second-order valence-corrected chi connectivity index (χ2v) is 6.14. The minimum Gasteiger partial charge on any atom is -0.352 e. The largest absolute Gasteiger partial charge is 0.453 e. The Morgan fingerprint density at radius 2 is 1.75 bits per heavy atom. The van der Waals surface area contributed by atoms with E-state index in [4.69, 9.17) is 0 Å². The average molecular weight is 355 g/mol. The van der Waals surface area contributed by atoms with Crippen LogP contribution in [0.1, 0.15) is 5.82 Å². The van der Waals surface area contributed by atoms with Gasteiger partial charge < -0.3 is 9.80 Å². The molecule has 0 radical (unpaired) electrons. The second-order valence-electron chi connectivity index (χ2n) is 5.27. The number of fused-ring (bicyclic) bond motifs is 1. The minimum absolute atomic E-state index is 0.0764. The summed E-state index contributed by atoms with van der Waals surface area (Å²) in [6.07, 6.45) is -2.83. The third-order valence-corrected chi connectivity index (χ3v) is 4.63. The molecule has 0 saturated carbocycles. The maximum absolute atomic E-state index is 12.9. The first-order valence-electron chi connectivity index (χ1n) is 7.21. The van der Waals surface area contributed by atoms with Crippen molar-refractivity contribution < 1.29 is 13.2 Å². The molecule has 1 aliphatic rings. The molecule has 126 valence electrons. The Balaban J connectivity index is 1.57. The maximum atomic E-state index is 12.9. The molecule has 24 heavy (non-hydrogen) atoms. The smallest absolute Gasteiger partial charge is 0.352 e. The van der Waals surface area contributed by atoms with Crippen molar-refractivity contribution in [2.75, 3.05) is 36.0 Å². The predicted octanol–water partition coefficient (Wildman–Crippen LogP) is 1.93. The van der Waals surface area contributed by atoms with Gasteiger partial charge in [-0.05, 0) is 12.1 Å². The second kappa shape index (κ2) is 5.58. The van der Waals surface area contributed by atoms with Crippen LogP contribution in [0.2, 0.25) is 0 Å². The van der Waals surface area contributed by atoms with E-state index in [1.165, 1.54) is 6.07 Å². The predicted molar refractivity (Wildman–Crippen MR) is 82.3 cm³/mol. The zero-order valence-electron chi connectivity index (χ0n) is 12.3. The summed E-state index contributed by atoms with van der Waals surface area (Å²) < 4.78 is 39.6. The van der Waals surface area contributed by atoms with Crippen molar-refractivity contribution in [1.29, 1.82) is 0 Å². The molecule has 0 unspecified atom stereocenters. The lowest BCUT2D eigenvalue weighted by Gasteiger charge is -2.35. The number of aromatic nitrogens is 5. The van der Waals surface area contributed by atoms with Gasteiger partial charge in [-0.3, -0.25) is 0 Å². The number of nitrogens with zero attached hydrogens (tertiary/aromatic N) is 7. The SMILES string of the molecule is FC(F)(F)c1nnc2ccc(N3CCN(c4nccs4)CC3)nn12. The van der Waals surface area contributed by atoms with Gasteiger partial charge in [0.2, 0.25) is 0 Å². The van der Waals surface area contributed by atoms with Crippen LogP contribution < -0.4 is 9.80 Å². The molecule has 4 heterocycles. The van der Waals surface area contributed by atoms with Crippen molar-refractivity contribution in [2.24, 2.45) is 0 Å². The lowest BCUT2D eigenvalue weighted by atomic mass is 10.3. The number of rotatable bonds is 2. The number of anilines is 2. The van der Waals surface area contributed by atoms with Crippen LogP contribution in [0.25, 0.3) is 5.65 Å². The zero-order valence-corrected chi connectivity index (χ0v) is 13.1. The van der Waals surface area contributed by atoms with Gasteiger partial charge in [-0.25, -0.2) is 4.98 Å². The third kappa shape index (κ3) is 2.64. The van der Waals surface area contributed by atoms with Gasteiger partial charge in [-0.1, -0.05) is 0 Å². The molecule has 0 spiro atoms. The van der Waals surface area contributed by atoms with Crippen molar-refractivity contribution in [2.45, 2.75) is 6.18 Å². The molecule has 1 fully saturated rings. The molecule has 1 saturated heterocycles. The highest BCUT2D eigenvalue weighted by atomic mass is 32.1. The summed E-state index contributed by atoms with van der Waals surface area (Å²) in [5.41, 5.74) is 0.0764.